The zero-order valence-electron chi connectivity index (χ0n) is 11.9. The average Bonchev–Trinajstić information content (AvgIpc) is 2.89. The molecule has 2 aromatic rings. The van der Waals surface area contributed by atoms with E-state index in [0.717, 1.165) is 48.4 Å². The molecule has 3 rings (SSSR count). The lowest BCUT2D eigenvalue weighted by Gasteiger charge is -2.32. The third kappa shape index (κ3) is 2.45. The monoisotopic (exact) mass is 292 g/mol. The molecule has 0 radical (unpaired) electrons. The highest BCUT2D eigenvalue weighted by Crippen LogP contribution is 2.33. The van der Waals surface area contributed by atoms with E-state index in [0.29, 0.717) is 12.1 Å². The molecule has 3 heterocycles. The van der Waals surface area contributed by atoms with Gasteiger partial charge in [-0.3, -0.25) is 0 Å². The number of nitrogen functional groups attached to an aromatic ring is 1. The molecule has 2 N–H and O–H groups in total. The maximum absolute atomic E-state index is 5.87. The summed E-state index contributed by atoms with van der Waals surface area (Å²) in [5.41, 5.74) is 5.87. The third-order valence-electron chi connectivity index (χ3n) is 3.86. The summed E-state index contributed by atoms with van der Waals surface area (Å²) in [5.74, 6) is 1.35. The number of nitrogens with two attached hydrogens (primary N) is 1. The van der Waals surface area contributed by atoms with Crippen molar-refractivity contribution in [3.05, 3.63) is 10.9 Å². The molecule has 1 saturated heterocycles. The van der Waals surface area contributed by atoms with Crippen molar-refractivity contribution in [3.8, 4) is 0 Å². The first-order valence-corrected chi connectivity index (χ1v) is 7.86. The van der Waals surface area contributed by atoms with Crippen LogP contribution in [0.5, 0.6) is 0 Å². The highest BCUT2D eigenvalue weighted by molar-refractivity contribution is 7.18. The number of fused-ring (bicyclic) bond motifs is 1. The number of rotatable bonds is 3. The molecule has 0 unspecified atom stereocenters. The van der Waals surface area contributed by atoms with E-state index in [9.17, 15) is 0 Å². The van der Waals surface area contributed by atoms with Crippen LogP contribution in [0.2, 0.25) is 0 Å². The summed E-state index contributed by atoms with van der Waals surface area (Å²) in [5, 5.41) is 1.14. The molecule has 6 heteroatoms. The van der Waals surface area contributed by atoms with Crippen LogP contribution in [0.15, 0.2) is 6.07 Å². The Morgan fingerprint density at radius 3 is 2.80 bits per heavy atom. The second-order valence-electron chi connectivity index (χ2n) is 5.11. The average molecular weight is 292 g/mol. The Morgan fingerprint density at radius 2 is 2.15 bits per heavy atom. The van der Waals surface area contributed by atoms with E-state index in [2.05, 4.69) is 27.9 Å². The lowest BCUT2D eigenvalue weighted by atomic mass is 10.1. The largest absolute Gasteiger partial charge is 0.381 e. The van der Waals surface area contributed by atoms with Crippen LogP contribution >= 0.6 is 11.3 Å². The smallest absolute Gasteiger partial charge is 0.223 e. The van der Waals surface area contributed by atoms with Crippen LogP contribution in [0.25, 0.3) is 10.2 Å². The first-order valence-electron chi connectivity index (χ1n) is 7.05. The third-order valence-corrected chi connectivity index (χ3v) is 5.04. The minimum atomic E-state index is 0.367. The molecule has 1 fully saturated rings. The zero-order chi connectivity index (χ0) is 14.1. The molecule has 20 heavy (non-hydrogen) atoms. The number of hydrogen-bond donors (Lipinski definition) is 1. The lowest BCUT2D eigenvalue weighted by Crippen LogP contribution is -2.37. The SMILES string of the molecule is CCc1cc2c(N3CCC(OC)CC3)nc(N)nc2s1. The predicted molar refractivity (Wildman–Crippen MR) is 83.4 cm³/mol. The first-order chi connectivity index (χ1) is 9.71. The highest BCUT2D eigenvalue weighted by atomic mass is 32.1. The van der Waals surface area contributed by atoms with Gasteiger partial charge in [-0.05, 0) is 25.3 Å². The van der Waals surface area contributed by atoms with Crippen LogP contribution in [0.3, 0.4) is 0 Å². The number of nitrogens with zero attached hydrogens (tertiary/aromatic N) is 3. The Morgan fingerprint density at radius 1 is 1.40 bits per heavy atom. The van der Waals surface area contributed by atoms with E-state index in [-0.39, 0.29) is 0 Å². The van der Waals surface area contributed by atoms with Gasteiger partial charge in [0.05, 0.1) is 11.5 Å². The normalized spacial score (nSPS) is 17.0. The highest BCUT2D eigenvalue weighted by Gasteiger charge is 2.22. The number of ether oxygens (including phenoxy) is 1. The fourth-order valence-electron chi connectivity index (χ4n) is 2.69. The molecule has 5 nitrogen and oxygen atoms in total. The molecule has 1 aliphatic rings. The first kappa shape index (κ1) is 13.6. The van der Waals surface area contributed by atoms with Crippen molar-refractivity contribution in [3.63, 3.8) is 0 Å². The summed E-state index contributed by atoms with van der Waals surface area (Å²) in [6.07, 6.45) is 3.46. The molecular formula is C14H20N4OS. The van der Waals surface area contributed by atoms with Gasteiger partial charge in [-0.1, -0.05) is 6.92 Å². The molecular weight excluding hydrogens is 272 g/mol. The summed E-state index contributed by atoms with van der Waals surface area (Å²) in [6.45, 7) is 4.08. The molecule has 2 aromatic heterocycles. The Bertz CT molecular complexity index is 604. The van der Waals surface area contributed by atoms with Crippen LogP contribution in [0, 0.1) is 0 Å². The molecule has 0 amide bonds. The van der Waals surface area contributed by atoms with Gasteiger partial charge in [0.25, 0.3) is 0 Å². The summed E-state index contributed by atoms with van der Waals surface area (Å²) in [7, 11) is 1.79. The van der Waals surface area contributed by atoms with Gasteiger partial charge in [0.2, 0.25) is 5.95 Å². The maximum atomic E-state index is 5.87. The summed E-state index contributed by atoms with van der Waals surface area (Å²) >= 11 is 1.71. The summed E-state index contributed by atoms with van der Waals surface area (Å²) in [4.78, 5) is 13.5. The Kier molecular flexibility index (Phi) is 3.76. The van der Waals surface area contributed by atoms with Crippen LogP contribution < -0.4 is 10.6 Å². The fraction of sp³-hybridized carbons (Fsp3) is 0.571. The molecule has 1 aliphatic heterocycles. The lowest BCUT2D eigenvalue weighted by molar-refractivity contribution is 0.0818. The van der Waals surface area contributed by atoms with E-state index in [1.807, 2.05) is 0 Å². The van der Waals surface area contributed by atoms with Crippen LogP contribution in [-0.4, -0.2) is 36.3 Å². The number of aromatic nitrogens is 2. The Labute approximate surface area is 122 Å². The number of anilines is 2. The van der Waals surface area contributed by atoms with E-state index in [1.54, 1.807) is 18.4 Å². The summed E-state index contributed by atoms with van der Waals surface area (Å²) < 4.78 is 5.43. The van der Waals surface area contributed by atoms with E-state index < -0.39 is 0 Å². The number of thiophene rings is 1. The number of methoxy groups -OCH3 is 1. The Balaban J connectivity index is 1.96. The van der Waals surface area contributed by atoms with Gasteiger partial charge in [-0.2, -0.15) is 4.98 Å². The van der Waals surface area contributed by atoms with E-state index >= 15 is 0 Å². The van der Waals surface area contributed by atoms with Gasteiger partial charge in [0.15, 0.2) is 0 Å². The van der Waals surface area contributed by atoms with Gasteiger partial charge < -0.3 is 15.4 Å². The number of piperidine rings is 1. The molecule has 0 aromatic carbocycles. The van der Waals surface area contributed by atoms with E-state index in [4.69, 9.17) is 10.5 Å². The van der Waals surface area contributed by atoms with Gasteiger partial charge in [0.1, 0.15) is 10.6 Å². The predicted octanol–water partition coefficient (Wildman–Crippen LogP) is 2.45. The number of hydrogen-bond acceptors (Lipinski definition) is 6. The van der Waals surface area contributed by atoms with Crippen LogP contribution in [0.4, 0.5) is 11.8 Å². The molecule has 0 atom stereocenters. The quantitative estimate of drug-likeness (QED) is 0.941. The Hall–Kier alpha value is -1.40. The molecule has 0 aliphatic carbocycles. The minimum absolute atomic E-state index is 0.367. The summed E-state index contributed by atoms with van der Waals surface area (Å²) in [6, 6.07) is 2.21. The van der Waals surface area contributed by atoms with Crippen LogP contribution in [0.1, 0.15) is 24.6 Å². The minimum Gasteiger partial charge on any atom is -0.381 e. The van der Waals surface area contributed by atoms with Crippen molar-refractivity contribution in [1.82, 2.24) is 9.97 Å². The van der Waals surface area contributed by atoms with Crippen molar-refractivity contribution in [2.75, 3.05) is 30.8 Å². The van der Waals surface area contributed by atoms with Crippen molar-refractivity contribution in [2.45, 2.75) is 32.3 Å². The molecule has 0 bridgehead atoms. The van der Waals surface area contributed by atoms with Crippen LogP contribution in [-0.2, 0) is 11.2 Å². The maximum Gasteiger partial charge on any atom is 0.223 e. The number of aryl methyl sites for hydroxylation is 1. The van der Waals surface area contributed by atoms with Gasteiger partial charge in [-0.15, -0.1) is 11.3 Å². The van der Waals surface area contributed by atoms with Crippen molar-refractivity contribution in [2.24, 2.45) is 0 Å². The van der Waals surface area contributed by atoms with Crippen molar-refractivity contribution in [1.29, 1.82) is 0 Å². The fourth-order valence-corrected chi connectivity index (χ4v) is 3.66. The zero-order valence-corrected chi connectivity index (χ0v) is 12.7. The molecule has 0 saturated carbocycles. The van der Waals surface area contributed by atoms with Gasteiger partial charge in [0, 0.05) is 25.1 Å². The standard InChI is InChI=1S/C14H20N4OS/c1-3-10-8-11-12(16-14(15)17-13(11)20-10)18-6-4-9(19-2)5-7-18/h8-9H,3-7H2,1-2H3,(H2,15,16,17). The second-order valence-corrected chi connectivity index (χ2v) is 6.23. The van der Waals surface area contributed by atoms with Crippen molar-refractivity contribution >= 4 is 33.3 Å². The van der Waals surface area contributed by atoms with Gasteiger partial charge >= 0.3 is 0 Å². The topological polar surface area (TPSA) is 64.3 Å². The molecule has 0 spiro atoms. The van der Waals surface area contributed by atoms with E-state index in [1.165, 1.54) is 4.88 Å². The second kappa shape index (κ2) is 5.54. The van der Waals surface area contributed by atoms with Gasteiger partial charge in [-0.25, -0.2) is 4.98 Å². The van der Waals surface area contributed by atoms with Crippen molar-refractivity contribution < 1.29 is 4.74 Å². The molecule has 108 valence electrons.